The lowest BCUT2D eigenvalue weighted by Gasteiger charge is -2.13. The SMILES string of the molecule is O=C1Cc2cc(C(O)C3CC3)c(Cl)cc2N1. The zero-order valence-corrected chi connectivity index (χ0v) is 9.42. The molecule has 1 atom stereocenters. The van der Waals surface area contributed by atoms with Gasteiger partial charge in [-0.1, -0.05) is 11.6 Å². The van der Waals surface area contributed by atoms with Gasteiger partial charge in [0, 0.05) is 10.7 Å². The van der Waals surface area contributed by atoms with Gasteiger partial charge in [-0.15, -0.1) is 0 Å². The van der Waals surface area contributed by atoms with Crippen LogP contribution in [-0.2, 0) is 11.2 Å². The first kappa shape index (κ1) is 10.1. The molecule has 16 heavy (non-hydrogen) atoms. The number of hydrogen-bond donors (Lipinski definition) is 2. The summed E-state index contributed by atoms with van der Waals surface area (Å²) in [5.74, 6) is 0.338. The van der Waals surface area contributed by atoms with Crippen LogP contribution in [-0.4, -0.2) is 11.0 Å². The summed E-state index contributed by atoms with van der Waals surface area (Å²) < 4.78 is 0. The van der Waals surface area contributed by atoms with Crippen molar-refractivity contribution in [3.05, 3.63) is 28.3 Å². The second-order valence-electron chi connectivity index (χ2n) is 4.54. The Kier molecular flexibility index (Phi) is 2.19. The predicted molar refractivity (Wildman–Crippen MR) is 61.5 cm³/mol. The van der Waals surface area contributed by atoms with E-state index in [2.05, 4.69) is 5.32 Å². The molecule has 1 heterocycles. The first-order valence-corrected chi connectivity index (χ1v) is 5.83. The zero-order chi connectivity index (χ0) is 11.3. The van der Waals surface area contributed by atoms with E-state index in [0.717, 1.165) is 29.7 Å². The molecule has 1 aromatic carbocycles. The first-order valence-electron chi connectivity index (χ1n) is 5.45. The molecule has 1 unspecified atom stereocenters. The molecule has 3 nitrogen and oxygen atoms in total. The zero-order valence-electron chi connectivity index (χ0n) is 8.66. The van der Waals surface area contributed by atoms with Gasteiger partial charge < -0.3 is 10.4 Å². The molecule has 2 N–H and O–H groups in total. The van der Waals surface area contributed by atoms with E-state index in [1.807, 2.05) is 6.07 Å². The summed E-state index contributed by atoms with van der Waals surface area (Å²) in [6.45, 7) is 0. The molecule has 0 saturated heterocycles. The quantitative estimate of drug-likeness (QED) is 0.829. The molecular weight excluding hydrogens is 226 g/mol. The molecule has 1 fully saturated rings. The molecule has 0 radical (unpaired) electrons. The summed E-state index contributed by atoms with van der Waals surface area (Å²) in [5, 5.41) is 13.3. The Labute approximate surface area is 98.4 Å². The highest BCUT2D eigenvalue weighted by Crippen LogP contribution is 2.44. The van der Waals surface area contributed by atoms with E-state index in [-0.39, 0.29) is 5.91 Å². The van der Waals surface area contributed by atoms with Crippen molar-refractivity contribution in [3.63, 3.8) is 0 Å². The summed E-state index contributed by atoms with van der Waals surface area (Å²) in [6, 6.07) is 3.60. The number of halogens is 1. The number of aliphatic hydroxyl groups excluding tert-OH is 1. The smallest absolute Gasteiger partial charge is 0.228 e. The maximum Gasteiger partial charge on any atom is 0.228 e. The number of aliphatic hydroxyl groups is 1. The molecule has 1 aliphatic carbocycles. The van der Waals surface area contributed by atoms with Crippen LogP contribution in [0, 0.1) is 5.92 Å². The summed E-state index contributed by atoms with van der Waals surface area (Å²) >= 11 is 6.11. The molecule has 0 spiro atoms. The number of hydrogen-bond acceptors (Lipinski definition) is 2. The minimum Gasteiger partial charge on any atom is -0.388 e. The predicted octanol–water partition coefficient (Wildman–Crippen LogP) is 2.28. The number of carbonyl (C=O) groups is 1. The van der Waals surface area contributed by atoms with Gasteiger partial charge in [0.1, 0.15) is 0 Å². The van der Waals surface area contributed by atoms with Crippen LogP contribution in [0.1, 0.15) is 30.1 Å². The van der Waals surface area contributed by atoms with Gasteiger partial charge in [0.25, 0.3) is 0 Å². The normalized spacial score (nSPS) is 20.5. The number of amides is 1. The van der Waals surface area contributed by atoms with Gasteiger partial charge in [0.15, 0.2) is 0 Å². The van der Waals surface area contributed by atoms with Gasteiger partial charge in [-0.25, -0.2) is 0 Å². The van der Waals surface area contributed by atoms with Crippen LogP contribution in [0.3, 0.4) is 0 Å². The molecule has 4 heteroatoms. The van der Waals surface area contributed by atoms with E-state index in [1.165, 1.54) is 0 Å². The largest absolute Gasteiger partial charge is 0.388 e. The lowest BCUT2D eigenvalue weighted by Crippen LogP contribution is -2.03. The minimum atomic E-state index is -0.478. The number of anilines is 1. The van der Waals surface area contributed by atoms with Crippen molar-refractivity contribution in [2.75, 3.05) is 5.32 Å². The molecule has 0 aromatic heterocycles. The highest BCUT2D eigenvalue weighted by molar-refractivity contribution is 6.32. The van der Waals surface area contributed by atoms with Gasteiger partial charge in [0.05, 0.1) is 12.5 Å². The van der Waals surface area contributed by atoms with Gasteiger partial charge in [-0.05, 0) is 42.0 Å². The van der Waals surface area contributed by atoms with Crippen molar-refractivity contribution in [2.24, 2.45) is 5.92 Å². The highest BCUT2D eigenvalue weighted by Gasteiger charge is 2.33. The third-order valence-electron chi connectivity index (χ3n) is 3.23. The summed E-state index contributed by atoms with van der Waals surface area (Å²) in [4.78, 5) is 11.2. The van der Waals surface area contributed by atoms with Crippen LogP contribution in [0.15, 0.2) is 12.1 Å². The maximum atomic E-state index is 11.2. The Hall–Kier alpha value is -1.06. The van der Waals surface area contributed by atoms with Crippen LogP contribution in [0.2, 0.25) is 5.02 Å². The Morgan fingerprint density at radius 1 is 1.44 bits per heavy atom. The second kappa shape index (κ2) is 3.47. The molecule has 84 valence electrons. The molecule has 3 rings (SSSR count). The van der Waals surface area contributed by atoms with Crippen molar-refractivity contribution < 1.29 is 9.90 Å². The molecule has 1 aliphatic heterocycles. The fraction of sp³-hybridized carbons (Fsp3) is 0.417. The van der Waals surface area contributed by atoms with Crippen LogP contribution in [0.5, 0.6) is 0 Å². The van der Waals surface area contributed by atoms with Crippen LogP contribution in [0.25, 0.3) is 0 Å². The van der Waals surface area contributed by atoms with Crippen molar-refractivity contribution in [2.45, 2.75) is 25.4 Å². The molecule has 1 aromatic rings. The van der Waals surface area contributed by atoms with Crippen LogP contribution in [0.4, 0.5) is 5.69 Å². The average molecular weight is 238 g/mol. The fourth-order valence-electron chi connectivity index (χ4n) is 2.16. The lowest BCUT2D eigenvalue weighted by atomic mass is 10.0. The first-order chi connectivity index (χ1) is 7.65. The Balaban J connectivity index is 2.00. The topological polar surface area (TPSA) is 49.3 Å². The van der Waals surface area contributed by atoms with Crippen molar-refractivity contribution in [1.82, 2.24) is 0 Å². The fourth-order valence-corrected chi connectivity index (χ4v) is 2.44. The van der Waals surface area contributed by atoms with Crippen molar-refractivity contribution in [1.29, 1.82) is 0 Å². The van der Waals surface area contributed by atoms with E-state index < -0.39 is 6.10 Å². The van der Waals surface area contributed by atoms with E-state index in [0.29, 0.717) is 17.4 Å². The summed E-state index contributed by atoms with van der Waals surface area (Å²) in [6.07, 6.45) is 2.03. The Morgan fingerprint density at radius 3 is 2.88 bits per heavy atom. The van der Waals surface area contributed by atoms with Gasteiger partial charge >= 0.3 is 0 Å². The van der Waals surface area contributed by atoms with Crippen molar-refractivity contribution >= 4 is 23.2 Å². The van der Waals surface area contributed by atoms with Gasteiger partial charge in [0.2, 0.25) is 5.91 Å². The van der Waals surface area contributed by atoms with E-state index in [1.54, 1.807) is 6.07 Å². The van der Waals surface area contributed by atoms with E-state index in [4.69, 9.17) is 11.6 Å². The van der Waals surface area contributed by atoms with Crippen molar-refractivity contribution in [3.8, 4) is 0 Å². The number of nitrogens with one attached hydrogen (secondary N) is 1. The van der Waals surface area contributed by atoms with Crippen LogP contribution < -0.4 is 5.32 Å². The van der Waals surface area contributed by atoms with Crippen LogP contribution >= 0.6 is 11.6 Å². The molecule has 2 aliphatic rings. The highest BCUT2D eigenvalue weighted by atomic mass is 35.5. The molecule has 0 bridgehead atoms. The number of fused-ring (bicyclic) bond motifs is 1. The Morgan fingerprint density at radius 2 is 2.19 bits per heavy atom. The Bertz CT molecular complexity index is 468. The number of benzene rings is 1. The third kappa shape index (κ3) is 1.60. The lowest BCUT2D eigenvalue weighted by molar-refractivity contribution is -0.115. The summed E-state index contributed by atoms with van der Waals surface area (Å²) in [7, 11) is 0. The molecule has 1 amide bonds. The average Bonchev–Trinajstić information content (AvgIpc) is 3.00. The number of carbonyl (C=O) groups excluding carboxylic acids is 1. The molecule has 1 saturated carbocycles. The summed E-state index contributed by atoms with van der Waals surface area (Å²) in [5.41, 5.74) is 2.48. The third-order valence-corrected chi connectivity index (χ3v) is 3.56. The maximum absolute atomic E-state index is 11.2. The second-order valence-corrected chi connectivity index (χ2v) is 4.95. The van der Waals surface area contributed by atoms with E-state index in [9.17, 15) is 9.90 Å². The minimum absolute atomic E-state index is 0.0101. The van der Waals surface area contributed by atoms with E-state index >= 15 is 0 Å². The van der Waals surface area contributed by atoms with Gasteiger partial charge in [-0.2, -0.15) is 0 Å². The monoisotopic (exact) mass is 237 g/mol. The molecular formula is C12H12ClNO2. The standard InChI is InChI=1S/C12H12ClNO2/c13-9-5-10-7(4-11(15)14-10)3-8(9)12(16)6-1-2-6/h3,5-6,12,16H,1-2,4H2,(H,14,15). The van der Waals surface area contributed by atoms with Gasteiger partial charge in [-0.3, -0.25) is 4.79 Å². The number of rotatable bonds is 2.